The Balaban J connectivity index is 1.82. The van der Waals surface area contributed by atoms with Gasteiger partial charge in [-0.1, -0.05) is 20.8 Å². The van der Waals surface area contributed by atoms with Crippen molar-refractivity contribution in [2.45, 2.75) is 46.1 Å². The Labute approximate surface area is 177 Å². The van der Waals surface area contributed by atoms with Crippen LogP contribution in [0.2, 0.25) is 0 Å². The van der Waals surface area contributed by atoms with Crippen LogP contribution in [0.25, 0.3) is 21.1 Å². The van der Waals surface area contributed by atoms with Crippen molar-refractivity contribution in [3.05, 3.63) is 32.5 Å². The minimum absolute atomic E-state index is 0.113. The third-order valence-electron chi connectivity index (χ3n) is 6.64. The maximum atomic E-state index is 15.4. The number of hydrogen-bond donors (Lipinski definition) is 1. The van der Waals surface area contributed by atoms with Gasteiger partial charge in [0, 0.05) is 19.1 Å². The van der Waals surface area contributed by atoms with Crippen molar-refractivity contribution >= 4 is 38.3 Å². The van der Waals surface area contributed by atoms with Gasteiger partial charge in [0.25, 0.3) is 5.56 Å². The fourth-order valence-electron chi connectivity index (χ4n) is 4.76. The first-order valence-corrected chi connectivity index (χ1v) is 11.2. The lowest BCUT2D eigenvalue weighted by Crippen LogP contribution is -2.27. The Hall–Kier alpha value is -2.35. The van der Waals surface area contributed by atoms with E-state index in [9.17, 15) is 9.59 Å². The van der Waals surface area contributed by atoms with Crippen LogP contribution >= 0.6 is 11.5 Å². The van der Waals surface area contributed by atoms with Crippen LogP contribution in [0.1, 0.15) is 46.1 Å². The second-order valence-corrected chi connectivity index (χ2v) is 10.4. The second-order valence-electron chi connectivity index (χ2n) is 9.58. The van der Waals surface area contributed by atoms with Crippen LogP contribution in [0.3, 0.4) is 0 Å². The van der Waals surface area contributed by atoms with Crippen molar-refractivity contribution < 1.29 is 9.13 Å². The number of hydrogen-bond acceptors (Lipinski definition) is 5. The average molecular weight is 432 g/mol. The van der Waals surface area contributed by atoms with Crippen LogP contribution in [0, 0.1) is 17.2 Å². The highest BCUT2D eigenvalue weighted by atomic mass is 32.1. The van der Waals surface area contributed by atoms with E-state index in [0.29, 0.717) is 27.7 Å². The van der Waals surface area contributed by atoms with Crippen LogP contribution in [0.5, 0.6) is 5.75 Å². The normalized spacial score (nSPS) is 19.9. The Morgan fingerprint density at radius 3 is 2.57 bits per heavy atom. The Morgan fingerprint density at radius 1 is 1.23 bits per heavy atom. The number of pyridine rings is 1. The maximum absolute atomic E-state index is 15.4. The van der Waals surface area contributed by atoms with E-state index >= 15 is 4.39 Å². The van der Waals surface area contributed by atoms with Gasteiger partial charge < -0.3 is 14.2 Å². The van der Waals surface area contributed by atoms with Gasteiger partial charge in [0.1, 0.15) is 15.9 Å². The number of benzene rings is 1. The molecule has 0 bridgehead atoms. The first-order chi connectivity index (χ1) is 14.2. The lowest BCUT2D eigenvalue weighted by molar-refractivity contribution is 0.263. The maximum Gasteiger partial charge on any atom is 0.271 e. The average Bonchev–Trinajstić information content (AvgIpc) is 3.25. The van der Waals surface area contributed by atoms with Crippen molar-refractivity contribution in [1.29, 1.82) is 0 Å². The van der Waals surface area contributed by atoms with E-state index in [1.165, 1.54) is 24.7 Å². The SMILES string of the molecule is COc1c(N2CC[C@@H](C(C)(C)C)C2)c(F)cc2c(=O)c3c(=O)[nH]sc3n(C3CC3)c12. The topological polar surface area (TPSA) is 67.3 Å². The highest BCUT2D eigenvalue weighted by Gasteiger charge is 2.36. The third kappa shape index (κ3) is 2.80. The van der Waals surface area contributed by atoms with Gasteiger partial charge in [-0.25, -0.2) is 4.39 Å². The molecule has 1 aliphatic heterocycles. The summed E-state index contributed by atoms with van der Waals surface area (Å²) in [5, 5.41) is 0.325. The van der Waals surface area contributed by atoms with Crippen LogP contribution in [0.15, 0.2) is 15.7 Å². The molecule has 8 heteroatoms. The molecule has 2 aromatic heterocycles. The molecule has 1 aromatic carbocycles. The molecular formula is C22H26FN3O3S. The molecule has 1 N–H and O–H groups in total. The van der Waals surface area contributed by atoms with Crippen LogP contribution in [0.4, 0.5) is 10.1 Å². The van der Waals surface area contributed by atoms with Gasteiger partial charge in [0.15, 0.2) is 11.6 Å². The van der Waals surface area contributed by atoms with Crippen molar-refractivity contribution in [3.8, 4) is 5.75 Å². The molecule has 0 spiro atoms. The number of fused-ring (bicyclic) bond motifs is 2. The number of anilines is 1. The Bertz CT molecular complexity index is 1280. The summed E-state index contributed by atoms with van der Waals surface area (Å²) in [6.45, 7) is 8.13. The summed E-state index contributed by atoms with van der Waals surface area (Å²) in [5.74, 6) is 0.367. The molecule has 6 nitrogen and oxygen atoms in total. The summed E-state index contributed by atoms with van der Waals surface area (Å²) in [7, 11) is 1.53. The van der Waals surface area contributed by atoms with Gasteiger partial charge in [-0.05, 0) is 48.2 Å². The zero-order valence-corrected chi connectivity index (χ0v) is 18.5. The molecule has 1 aliphatic carbocycles. The fourth-order valence-corrected chi connectivity index (χ4v) is 5.68. The molecule has 2 fully saturated rings. The number of ether oxygens (including phenoxy) is 1. The minimum Gasteiger partial charge on any atom is -0.492 e. The van der Waals surface area contributed by atoms with E-state index in [-0.39, 0.29) is 22.2 Å². The van der Waals surface area contributed by atoms with Gasteiger partial charge in [-0.3, -0.25) is 14.0 Å². The Kier molecular flexibility index (Phi) is 4.29. The molecule has 3 aromatic rings. The molecule has 1 atom stereocenters. The van der Waals surface area contributed by atoms with Crippen molar-refractivity contribution in [1.82, 2.24) is 8.94 Å². The van der Waals surface area contributed by atoms with Crippen LogP contribution in [-0.4, -0.2) is 29.1 Å². The monoisotopic (exact) mass is 431 g/mol. The molecule has 160 valence electrons. The zero-order valence-electron chi connectivity index (χ0n) is 17.7. The molecule has 1 saturated heterocycles. The number of H-pyrrole nitrogens is 1. The summed E-state index contributed by atoms with van der Waals surface area (Å²) in [4.78, 5) is 28.1. The number of aromatic amines is 1. The van der Waals surface area contributed by atoms with Gasteiger partial charge in [-0.2, -0.15) is 0 Å². The van der Waals surface area contributed by atoms with Gasteiger partial charge >= 0.3 is 0 Å². The largest absolute Gasteiger partial charge is 0.492 e. The number of nitrogens with zero attached hydrogens (tertiary/aromatic N) is 2. The van der Waals surface area contributed by atoms with E-state index in [2.05, 4.69) is 30.0 Å². The smallest absolute Gasteiger partial charge is 0.271 e. The number of nitrogens with one attached hydrogen (secondary N) is 1. The zero-order chi connectivity index (χ0) is 21.4. The van der Waals surface area contributed by atoms with Crippen LogP contribution in [-0.2, 0) is 0 Å². The second kappa shape index (κ2) is 6.57. The Morgan fingerprint density at radius 2 is 1.97 bits per heavy atom. The summed E-state index contributed by atoms with van der Waals surface area (Å²) in [5.41, 5.74) is 0.315. The first kappa shape index (κ1) is 19.6. The molecule has 5 rings (SSSR count). The summed E-state index contributed by atoms with van der Waals surface area (Å²) in [6.07, 6.45) is 2.91. The third-order valence-corrected chi connectivity index (χ3v) is 7.52. The molecular weight excluding hydrogens is 405 g/mol. The van der Waals surface area contributed by atoms with E-state index in [1.54, 1.807) is 0 Å². The highest BCUT2D eigenvalue weighted by Crippen LogP contribution is 2.47. The summed E-state index contributed by atoms with van der Waals surface area (Å²) < 4.78 is 25.9. The van der Waals surface area contributed by atoms with Gasteiger partial charge in [0.05, 0.1) is 18.0 Å². The van der Waals surface area contributed by atoms with Gasteiger partial charge in [-0.15, -0.1) is 0 Å². The molecule has 3 heterocycles. The first-order valence-electron chi connectivity index (χ1n) is 10.4. The number of methoxy groups -OCH3 is 1. The molecule has 0 radical (unpaired) electrons. The van der Waals surface area contributed by atoms with E-state index < -0.39 is 16.8 Å². The highest BCUT2D eigenvalue weighted by molar-refractivity contribution is 7.12. The van der Waals surface area contributed by atoms with Crippen LogP contribution < -0.4 is 20.6 Å². The number of rotatable bonds is 3. The fraction of sp³-hybridized carbons (Fsp3) is 0.545. The standard InChI is InChI=1S/C22H26FN3O3S/c1-22(2,3)11-7-8-25(10-11)17-14(23)9-13-16(19(17)29-4)26(12-5-6-12)21-15(18(13)27)20(28)24-30-21/h9,11-12H,5-8,10H2,1-4H3,(H,24,28)/t11-/m1/s1. The predicted octanol–water partition coefficient (Wildman–Crippen LogP) is 4.26. The van der Waals surface area contributed by atoms with Gasteiger partial charge in [0.2, 0.25) is 5.43 Å². The van der Waals surface area contributed by atoms with Crippen molar-refractivity contribution in [2.75, 3.05) is 25.1 Å². The van der Waals surface area contributed by atoms with E-state index in [4.69, 9.17) is 4.74 Å². The van der Waals surface area contributed by atoms with Crippen molar-refractivity contribution in [2.24, 2.45) is 11.3 Å². The molecule has 2 aliphatic rings. The molecule has 0 unspecified atom stereocenters. The summed E-state index contributed by atoms with van der Waals surface area (Å²) in [6, 6.07) is 1.49. The summed E-state index contributed by atoms with van der Waals surface area (Å²) >= 11 is 1.17. The lowest BCUT2D eigenvalue weighted by atomic mass is 9.80. The van der Waals surface area contributed by atoms with E-state index in [0.717, 1.165) is 32.4 Å². The molecule has 0 amide bonds. The van der Waals surface area contributed by atoms with Crippen molar-refractivity contribution in [3.63, 3.8) is 0 Å². The quantitative estimate of drug-likeness (QED) is 0.673. The molecule has 30 heavy (non-hydrogen) atoms. The minimum atomic E-state index is -0.473. The number of halogens is 1. The lowest BCUT2D eigenvalue weighted by Gasteiger charge is -2.28. The molecule has 1 saturated carbocycles. The predicted molar refractivity (Wildman–Crippen MR) is 119 cm³/mol. The number of aromatic nitrogens is 2. The van der Waals surface area contributed by atoms with E-state index in [1.807, 2.05) is 4.57 Å².